The minimum absolute atomic E-state index is 0.0462. The first-order valence-corrected chi connectivity index (χ1v) is 8.93. The summed E-state index contributed by atoms with van der Waals surface area (Å²) in [6, 6.07) is 4.71. The highest BCUT2D eigenvalue weighted by atomic mass is 35.5. The Morgan fingerprint density at radius 2 is 1.95 bits per heavy atom. The number of benzene rings is 1. The van der Waals surface area contributed by atoms with E-state index in [1.165, 1.54) is 6.26 Å². The van der Waals surface area contributed by atoms with Crippen LogP contribution in [-0.2, 0) is 9.84 Å². The predicted molar refractivity (Wildman–Crippen MR) is 83.2 cm³/mol. The zero-order chi connectivity index (χ0) is 15.5. The molecule has 2 unspecified atom stereocenters. The molecule has 0 aliphatic rings. The second-order valence-electron chi connectivity index (χ2n) is 5.06. The highest BCUT2D eigenvalue weighted by Gasteiger charge is 2.20. The Kier molecular flexibility index (Phi) is 6.28. The van der Waals surface area contributed by atoms with Crippen molar-refractivity contribution in [3.8, 4) is 0 Å². The van der Waals surface area contributed by atoms with Crippen LogP contribution in [0.1, 0.15) is 18.6 Å². The second kappa shape index (κ2) is 7.09. The lowest BCUT2D eigenvalue weighted by Gasteiger charge is -2.27. The van der Waals surface area contributed by atoms with Gasteiger partial charge in [0, 0.05) is 34.5 Å². The van der Waals surface area contributed by atoms with E-state index >= 15 is 0 Å². The van der Waals surface area contributed by atoms with Crippen LogP contribution in [-0.4, -0.2) is 50.1 Å². The molecule has 1 rings (SSSR count). The number of hydrogen-bond donors (Lipinski definition) is 1. The first-order chi connectivity index (χ1) is 9.10. The molecule has 0 saturated heterocycles. The lowest BCUT2D eigenvalue weighted by atomic mass is 10.1. The van der Waals surface area contributed by atoms with E-state index in [0.717, 1.165) is 0 Å². The molecule has 0 aliphatic heterocycles. The van der Waals surface area contributed by atoms with E-state index in [2.05, 4.69) is 0 Å². The van der Waals surface area contributed by atoms with Gasteiger partial charge in [0.25, 0.3) is 0 Å². The van der Waals surface area contributed by atoms with Gasteiger partial charge in [0.15, 0.2) is 0 Å². The molecule has 0 radical (unpaired) electrons. The highest BCUT2D eigenvalue weighted by Crippen LogP contribution is 2.26. The van der Waals surface area contributed by atoms with Crippen LogP contribution in [0.4, 0.5) is 0 Å². The summed E-state index contributed by atoms with van der Waals surface area (Å²) >= 11 is 11.8. The Hall–Kier alpha value is -0.330. The summed E-state index contributed by atoms with van der Waals surface area (Å²) in [5.41, 5.74) is 0.578. The maximum Gasteiger partial charge on any atom is 0.148 e. The molecule has 1 N–H and O–H groups in total. The standard InChI is InChI=1S/C13H19Cl2NO3S/c1-9(8-20(3,18)19)16(2)7-13(17)11-5-4-10(14)6-12(11)15/h4-6,9,13,17H,7-8H2,1-3H3. The largest absolute Gasteiger partial charge is 0.387 e. The van der Waals surface area contributed by atoms with Gasteiger partial charge < -0.3 is 5.11 Å². The molecule has 0 spiro atoms. The molecule has 20 heavy (non-hydrogen) atoms. The highest BCUT2D eigenvalue weighted by molar-refractivity contribution is 7.90. The number of nitrogens with zero attached hydrogens (tertiary/aromatic N) is 1. The number of rotatable bonds is 6. The number of likely N-dealkylation sites (N-methyl/N-ethyl adjacent to an activating group) is 1. The Morgan fingerprint density at radius 3 is 2.45 bits per heavy atom. The summed E-state index contributed by atoms with van der Waals surface area (Å²) in [4.78, 5) is 1.79. The number of aliphatic hydroxyl groups excluding tert-OH is 1. The molecule has 0 fully saturated rings. The Labute approximate surface area is 130 Å². The van der Waals surface area contributed by atoms with Crippen LogP contribution in [0.25, 0.3) is 0 Å². The van der Waals surface area contributed by atoms with E-state index in [9.17, 15) is 13.5 Å². The normalized spacial score (nSPS) is 15.3. The van der Waals surface area contributed by atoms with Crippen LogP contribution in [0.2, 0.25) is 10.0 Å². The number of halogens is 2. The van der Waals surface area contributed by atoms with Crippen molar-refractivity contribution in [1.29, 1.82) is 0 Å². The molecule has 0 saturated carbocycles. The second-order valence-corrected chi connectivity index (χ2v) is 8.09. The van der Waals surface area contributed by atoms with Crippen LogP contribution >= 0.6 is 23.2 Å². The zero-order valence-corrected chi connectivity index (χ0v) is 14.0. The van der Waals surface area contributed by atoms with Crippen LogP contribution < -0.4 is 0 Å². The fourth-order valence-corrected chi connectivity index (χ4v) is 3.55. The van der Waals surface area contributed by atoms with Gasteiger partial charge in [0.05, 0.1) is 11.9 Å². The fraction of sp³-hybridized carbons (Fsp3) is 0.538. The lowest BCUT2D eigenvalue weighted by molar-refractivity contribution is 0.113. The molecule has 0 heterocycles. The SMILES string of the molecule is CC(CS(C)(=O)=O)N(C)CC(O)c1ccc(Cl)cc1Cl. The maximum atomic E-state index is 11.3. The van der Waals surface area contributed by atoms with Gasteiger partial charge in [0.1, 0.15) is 9.84 Å². The summed E-state index contributed by atoms with van der Waals surface area (Å²) in [7, 11) is -1.28. The third-order valence-electron chi connectivity index (χ3n) is 3.08. The zero-order valence-electron chi connectivity index (χ0n) is 11.7. The van der Waals surface area contributed by atoms with E-state index in [0.29, 0.717) is 15.6 Å². The Balaban J connectivity index is 2.72. The van der Waals surface area contributed by atoms with Gasteiger partial charge in [-0.05, 0) is 26.1 Å². The van der Waals surface area contributed by atoms with Crippen LogP contribution in [0.3, 0.4) is 0 Å². The fourth-order valence-electron chi connectivity index (χ4n) is 1.89. The molecule has 7 heteroatoms. The molecule has 0 bridgehead atoms. The average Bonchev–Trinajstić information content (AvgIpc) is 2.26. The minimum atomic E-state index is -3.05. The maximum absolute atomic E-state index is 11.3. The van der Waals surface area contributed by atoms with Crippen molar-refractivity contribution in [3.05, 3.63) is 33.8 Å². The van der Waals surface area contributed by atoms with E-state index < -0.39 is 15.9 Å². The lowest BCUT2D eigenvalue weighted by Crippen LogP contribution is -2.37. The molecule has 0 aliphatic carbocycles. The van der Waals surface area contributed by atoms with Crippen molar-refractivity contribution in [2.24, 2.45) is 0 Å². The van der Waals surface area contributed by atoms with Gasteiger partial charge >= 0.3 is 0 Å². The molecule has 0 amide bonds. The average molecular weight is 340 g/mol. The number of aliphatic hydroxyl groups is 1. The minimum Gasteiger partial charge on any atom is -0.387 e. The van der Waals surface area contributed by atoms with Gasteiger partial charge in [0.2, 0.25) is 0 Å². The summed E-state index contributed by atoms with van der Waals surface area (Å²) in [6.45, 7) is 2.09. The molecule has 1 aromatic carbocycles. The molecule has 2 atom stereocenters. The van der Waals surface area contributed by atoms with Crippen molar-refractivity contribution in [3.63, 3.8) is 0 Å². The predicted octanol–water partition coefficient (Wildman–Crippen LogP) is 2.39. The van der Waals surface area contributed by atoms with Gasteiger partial charge in [-0.1, -0.05) is 29.3 Å². The van der Waals surface area contributed by atoms with Crippen LogP contribution in [0.15, 0.2) is 18.2 Å². The third-order valence-corrected chi connectivity index (χ3v) is 4.73. The smallest absolute Gasteiger partial charge is 0.148 e. The summed E-state index contributed by atoms with van der Waals surface area (Å²) in [6.07, 6.45) is 0.399. The summed E-state index contributed by atoms with van der Waals surface area (Å²) in [5.74, 6) is 0.0462. The molecule has 1 aromatic rings. The van der Waals surface area contributed by atoms with Gasteiger partial charge in [-0.25, -0.2) is 8.42 Å². The first kappa shape index (κ1) is 17.7. The van der Waals surface area contributed by atoms with Crippen LogP contribution in [0.5, 0.6) is 0 Å². The summed E-state index contributed by atoms with van der Waals surface area (Å²) in [5, 5.41) is 11.1. The van der Waals surface area contributed by atoms with Gasteiger partial charge in [-0.3, -0.25) is 4.90 Å². The molecular weight excluding hydrogens is 321 g/mol. The van der Waals surface area contributed by atoms with E-state index in [1.54, 1.807) is 37.1 Å². The molecular formula is C13H19Cl2NO3S. The molecule has 4 nitrogen and oxygen atoms in total. The van der Waals surface area contributed by atoms with Crippen molar-refractivity contribution in [1.82, 2.24) is 4.90 Å². The topological polar surface area (TPSA) is 57.6 Å². The van der Waals surface area contributed by atoms with Gasteiger partial charge in [-0.15, -0.1) is 0 Å². The van der Waals surface area contributed by atoms with Crippen molar-refractivity contribution >= 4 is 33.0 Å². The van der Waals surface area contributed by atoms with Crippen molar-refractivity contribution in [2.75, 3.05) is 25.6 Å². The molecule has 0 aromatic heterocycles. The quantitative estimate of drug-likeness (QED) is 0.864. The third kappa shape index (κ3) is 5.58. The van der Waals surface area contributed by atoms with E-state index in [4.69, 9.17) is 23.2 Å². The van der Waals surface area contributed by atoms with E-state index in [1.807, 2.05) is 0 Å². The Morgan fingerprint density at radius 1 is 1.35 bits per heavy atom. The number of hydrogen-bond acceptors (Lipinski definition) is 4. The monoisotopic (exact) mass is 339 g/mol. The van der Waals surface area contributed by atoms with E-state index in [-0.39, 0.29) is 18.3 Å². The molecule has 114 valence electrons. The first-order valence-electron chi connectivity index (χ1n) is 6.11. The number of sulfone groups is 1. The van der Waals surface area contributed by atoms with Crippen molar-refractivity contribution < 1.29 is 13.5 Å². The van der Waals surface area contributed by atoms with Crippen molar-refractivity contribution in [2.45, 2.75) is 19.1 Å². The van der Waals surface area contributed by atoms with Crippen LogP contribution in [0, 0.1) is 0 Å². The van der Waals surface area contributed by atoms with Gasteiger partial charge in [-0.2, -0.15) is 0 Å². The summed E-state index contributed by atoms with van der Waals surface area (Å²) < 4.78 is 22.5. The Bertz CT molecular complexity index is 563.